The Kier molecular flexibility index (Phi) is 6.26. The Labute approximate surface area is 159 Å². The van der Waals surface area contributed by atoms with Crippen molar-refractivity contribution in [2.45, 2.75) is 45.1 Å². The van der Waals surface area contributed by atoms with E-state index >= 15 is 0 Å². The van der Waals surface area contributed by atoms with Gasteiger partial charge in [0, 0.05) is 44.8 Å². The lowest BCUT2D eigenvalue weighted by Gasteiger charge is -2.40. The molecule has 0 amide bonds. The Morgan fingerprint density at radius 2 is 1.65 bits per heavy atom. The topological polar surface area (TPSA) is 27.7 Å². The predicted molar refractivity (Wildman–Crippen MR) is 109 cm³/mol. The van der Waals surface area contributed by atoms with Gasteiger partial charge in [0.1, 0.15) is 5.75 Å². The van der Waals surface area contributed by atoms with E-state index in [-0.39, 0.29) is 11.0 Å². The molecule has 146 valence electrons. The zero-order valence-corrected chi connectivity index (χ0v) is 17.2. The maximum absolute atomic E-state index is 5.34. The summed E-state index contributed by atoms with van der Waals surface area (Å²) in [6.45, 7) is 11.8. The van der Waals surface area contributed by atoms with Gasteiger partial charge in [-0.2, -0.15) is 0 Å². The lowest BCUT2D eigenvalue weighted by Crippen LogP contribution is -2.51. The van der Waals surface area contributed by atoms with Gasteiger partial charge in [0.05, 0.1) is 7.11 Å². The minimum Gasteiger partial charge on any atom is -0.497 e. The summed E-state index contributed by atoms with van der Waals surface area (Å²) in [7, 11) is 3.96. The second-order valence-corrected chi connectivity index (χ2v) is 9.11. The van der Waals surface area contributed by atoms with Crippen LogP contribution in [-0.4, -0.2) is 63.2 Å². The van der Waals surface area contributed by atoms with Crippen molar-refractivity contribution in [3.8, 4) is 5.75 Å². The Bertz CT molecular complexity index is 555. The van der Waals surface area contributed by atoms with Crippen LogP contribution in [0.2, 0.25) is 0 Å². The molecule has 0 bridgehead atoms. The average molecular weight is 360 g/mol. The lowest BCUT2D eigenvalue weighted by atomic mass is 9.85. The molecule has 0 aromatic heterocycles. The molecule has 1 heterocycles. The fourth-order valence-electron chi connectivity index (χ4n) is 4.53. The molecule has 1 aliphatic carbocycles. The van der Waals surface area contributed by atoms with Crippen LogP contribution in [0.5, 0.6) is 5.75 Å². The molecule has 4 nitrogen and oxygen atoms in total. The predicted octanol–water partition coefficient (Wildman–Crippen LogP) is 3.33. The van der Waals surface area contributed by atoms with Crippen molar-refractivity contribution in [2.24, 2.45) is 5.41 Å². The van der Waals surface area contributed by atoms with Gasteiger partial charge in [-0.15, -0.1) is 0 Å². The number of benzene rings is 1. The van der Waals surface area contributed by atoms with Crippen LogP contribution in [0.25, 0.3) is 0 Å². The van der Waals surface area contributed by atoms with Gasteiger partial charge in [0.25, 0.3) is 0 Å². The quantitative estimate of drug-likeness (QED) is 0.808. The van der Waals surface area contributed by atoms with Crippen LogP contribution in [0, 0.1) is 5.41 Å². The Balaban J connectivity index is 1.62. The van der Waals surface area contributed by atoms with Crippen molar-refractivity contribution >= 4 is 0 Å². The van der Waals surface area contributed by atoms with Crippen molar-refractivity contribution in [2.75, 3.05) is 53.4 Å². The van der Waals surface area contributed by atoms with Crippen molar-refractivity contribution < 1.29 is 4.74 Å². The number of methoxy groups -OCH3 is 1. The molecular formula is C22H37N3O. The van der Waals surface area contributed by atoms with Gasteiger partial charge < -0.3 is 19.9 Å². The van der Waals surface area contributed by atoms with Crippen molar-refractivity contribution in [3.05, 3.63) is 29.8 Å². The largest absolute Gasteiger partial charge is 0.497 e. The van der Waals surface area contributed by atoms with Crippen molar-refractivity contribution in [3.63, 3.8) is 0 Å². The monoisotopic (exact) mass is 359 g/mol. The van der Waals surface area contributed by atoms with E-state index in [9.17, 15) is 0 Å². The fourth-order valence-corrected chi connectivity index (χ4v) is 4.53. The highest BCUT2D eigenvalue weighted by Crippen LogP contribution is 2.40. The van der Waals surface area contributed by atoms with Crippen molar-refractivity contribution in [1.29, 1.82) is 0 Å². The molecule has 0 radical (unpaired) electrons. The second kappa shape index (κ2) is 8.28. The number of piperazine rings is 1. The first kappa shape index (κ1) is 19.7. The standard InChI is InChI=1S/C22H37N3O/c1-21(2,18-25-15-13-24(3)14-16-25)17-23-22(11-5-6-12-22)19-7-9-20(26-4)10-8-19/h7-10,23H,5-6,11-18H2,1-4H3. The first-order valence-electron chi connectivity index (χ1n) is 10.2. The number of likely N-dealkylation sites (N-methyl/N-ethyl adjacent to an activating group) is 1. The Morgan fingerprint density at radius 1 is 1.04 bits per heavy atom. The van der Waals surface area contributed by atoms with E-state index in [4.69, 9.17) is 4.74 Å². The first-order valence-corrected chi connectivity index (χ1v) is 10.2. The molecule has 0 unspecified atom stereocenters. The SMILES string of the molecule is COc1ccc(C2(NCC(C)(C)CN3CCN(C)CC3)CCCC2)cc1. The normalized spacial score (nSPS) is 21.8. The minimum absolute atomic E-state index is 0.145. The third-order valence-corrected chi connectivity index (χ3v) is 6.25. The zero-order valence-electron chi connectivity index (χ0n) is 17.2. The summed E-state index contributed by atoms with van der Waals surface area (Å²) in [6.07, 6.45) is 5.11. The van der Waals surface area contributed by atoms with Crippen LogP contribution in [-0.2, 0) is 5.54 Å². The van der Waals surface area contributed by atoms with Gasteiger partial charge in [-0.1, -0.05) is 38.8 Å². The highest BCUT2D eigenvalue weighted by molar-refractivity contribution is 5.32. The zero-order chi connectivity index (χ0) is 18.6. The third kappa shape index (κ3) is 4.79. The molecule has 0 atom stereocenters. The molecule has 3 rings (SSSR count). The molecule has 2 aliphatic rings. The summed E-state index contributed by atoms with van der Waals surface area (Å²) in [5.41, 5.74) is 1.84. The van der Waals surface area contributed by atoms with Crippen molar-refractivity contribution in [1.82, 2.24) is 15.1 Å². The van der Waals surface area contributed by atoms with Gasteiger partial charge in [-0.05, 0) is 43.0 Å². The molecule has 2 fully saturated rings. The Morgan fingerprint density at radius 3 is 2.23 bits per heavy atom. The molecule has 4 heteroatoms. The van der Waals surface area contributed by atoms with E-state index < -0.39 is 0 Å². The molecule has 1 saturated carbocycles. The molecule has 1 aromatic rings. The van der Waals surface area contributed by atoms with Crippen LogP contribution in [0.15, 0.2) is 24.3 Å². The minimum atomic E-state index is 0.145. The van der Waals surface area contributed by atoms with Crippen LogP contribution < -0.4 is 10.1 Å². The van der Waals surface area contributed by atoms with Crippen LogP contribution in [0.4, 0.5) is 0 Å². The Hall–Kier alpha value is -1.10. The van der Waals surface area contributed by atoms with E-state index in [0.717, 1.165) is 12.3 Å². The van der Waals surface area contributed by atoms with E-state index in [2.05, 4.69) is 60.3 Å². The average Bonchev–Trinajstić information content (AvgIpc) is 3.12. The molecule has 1 aromatic carbocycles. The van der Waals surface area contributed by atoms with E-state index in [0.29, 0.717) is 0 Å². The maximum atomic E-state index is 5.34. The summed E-state index contributed by atoms with van der Waals surface area (Å²) in [4.78, 5) is 5.06. The highest BCUT2D eigenvalue weighted by atomic mass is 16.5. The number of hydrogen-bond acceptors (Lipinski definition) is 4. The van der Waals surface area contributed by atoms with E-state index in [1.165, 1.54) is 64.0 Å². The van der Waals surface area contributed by atoms with Gasteiger partial charge in [-0.3, -0.25) is 0 Å². The molecule has 26 heavy (non-hydrogen) atoms. The fraction of sp³-hybridized carbons (Fsp3) is 0.727. The van der Waals surface area contributed by atoms with Crippen LogP contribution >= 0.6 is 0 Å². The lowest BCUT2D eigenvalue weighted by molar-refractivity contribution is 0.104. The second-order valence-electron chi connectivity index (χ2n) is 9.11. The summed E-state index contributed by atoms with van der Waals surface area (Å²) < 4.78 is 5.34. The maximum Gasteiger partial charge on any atom is 0.118 e. The summed E-state index contributed by atoms with van der Waals surface area (Å²) in [6, 6.07) is 8.72. The van der Waals surface area contributed by atoms with Gasteiger partial charge in [0.2, 0.25) is 0 Å². The van der Waals surface area contributed by atoms with Gasteiger partial charge in [-0.25, -0.2) is 0 Å². The van der Waals surface area contributed by atoms with Crippen LogP contribution in [0.1, 0.15) is 45.1 Å². The van der Waals surface area contributed by atoms with Gasteiger partial charge in [0.15, 0.2) is 0 Å². The number of rotatable bonds is 7. The third-order valence-electron chi connectivity index (χ3n) is 6.25. The molecule has 1 saturated heterocycles. The van der Waals surface area contributed by atoms with Crippen LogP contribution in [0.3, 0.4) is 0 Å². The first-order chi connectivity index (χ1) is 12.4. The number of nitrogens with one attached hydrogen (secondary N) is 1. The molecule has 0 spiro atoms. The highest BCUT2D eigenvalue weighted by Gasteiger charge is 2.37. The summed E-state index contributed by atoms with van der Waals surface area (Å²) in [5, 5.41) is 4.01. The summed E-state index contributed by atoms with van der Waals surface area (Å²) in [5.74, 6) is 0.942. The molecular weight excluding hydrogens is 322 g/mol. The summed E-state index contributed by atoms with van der Waals surface area (Å²) >= 11 is 0. The van der Waals surface area contributed by atoms with E-state index in [1.54, 1.807) is 7.11 Å². The number of ether oxygens (including phenoxy) is 1. The number of nitrogens with zero attached hydrogens (tertiary/aromatic N) is 2. The smallest absolute Gasteiger partial charge is 0.118 e. The molecule has 1 aliphatic heterocycles. The van der Waals surface area contributed by atoms with Gasteiger partial charge >= 0.3 is 0 Å². The van der Waals surface area contributed by atoms with E-state index in [1.807, 2.05) is 0 Å². The number of hydrogen-bond donors (Lipinski definition) is 1. The molecule has 1 N–H and O–H groups in total.